The molecule has 0 aliphatic carbocycles. The highest BCUT2D eigenvalue weighted by Gasteiger charge is 2.25. The fraction of sp³-hybridized carbons (Fsp3) is 0.111. The molecular formula is C27H21N3O3. The maximum Gasteiger partial charge on any atom is 0.181 e. The molecular weight excluding hydrogens is 414 g/mol. The number of rotatable bonds is 4. The number of nitrogens with zero attached hydrogens (tertiary/aromatic N) is 3. The third-order valence-corrected chi connectivity index (χ3v) is 5.86. The maximum atomic E-state index is 6.46. The fourth-order valence-corrected chi connectivity index (χ4v) is 4.64. The van der Waals surface area contributed by atoms with Crippen molar-refractivity contribution < 1.29 is 13.3 Å². The topological polar surface area (TPSA) is 70.1 Å². The second-order valence-corrected chi connectivity index (χ2v) is 8.19. The minimum absolute atomic E-state index is 0.617. The van der Waals surface area contributed by atoms with E-state index in [1.807, 2.05) is 47.1 Å². The summed E-state index contributed by atoms with van der Waals surface area (Å²) >= 11 is 0. The van der Waals surface area contributed by atoms with E-state index in [1.165, 1.54) is 5.56 Å². The summed E-state index contributed by atoms with van der Waals surface area (Å²) in [7, 11) is 0. The minimum Gasteiger partial charge on any atom is -0.464 e. The fourth-order valence-electron chi connectivity index (χ4n) is 4.64. The molecule has 6 aromatic rings. The van der Waals surface area contributed by atoms with Gasteiger partial charge in [0.1, 0.15) is 17.7 Å². The average Bonchev–Trinajstić information content (AvgIpc) is 3.59. The minimum atomic E-state index is 0.617. The molecule has 0 radical (unpaired) electrons. The van der Waals surface area contributed by atoms with Crippen molar-refractivity contribution in [3.8, 4) is 39.9 Å². The molecule has 33 heavy (non-hydrogen) atoms. The Morgan fingerprint density at radius 1 is 0.818 bits per heavy atom. The Hall–Kier alpha value is -4.32. The molecule has 6 nitrogen and oxygen atoms in total. The summed E-state index contributed by atoms with van der Waals surface area (Å²) in [4.78, 5) is 4.63. The molecule has 0 N–H and O–H groups in total. The summed E-state index contributed by atoms with van der Waals surface area (Å²) in [6.45, 7) is 6.29. The van der Waals surface area contributed by atoms with Crippen LogP contribution in [0, 0.1) is 20.8 Å². The maximum absolute atomic E-state index is 6.46. The summed E-state index contributed by atoms with van der Waals surface area (Å²) in [5.74, 6) is 2.67. The van der Waals surface area contributed by atoms with Gasteiger partial charge < -0.3 is 13.3 Å². The van der Waals surface area contributed by atoms with Gasteiger partial charge >= 0.3 is 0 Å². The van der Waals surface area contributed by atoms with E-state index in [2.05, 4.69) is 43.0 Å². The molecule has 4 aromatic heterocycles. The third-order valence-electron chi connectivity index (χ3n) is 5.86. The van der Waals surface area contributed by atoms with Crippen molar-refractivity contribution in [1.82, 2.24) is 14.8 Å². The second kappa shape index (κ2) is 7.38. The highest BCUT2D eigenvalue weighted by molar-refractivity contribution is 6.04. The number of aromatic nitrogens is 3. The summed E-state index contributed by atoms with van der Waals surface area (Å²) in [5, 5.41) is 5.49. The average molecular weight is 435 g/mol. The molecule has 162 valence electrons. The van der Waals surface area contributed by atoms with Gasteiger partial charge in [-0.15, -0.1) is 0 Å². The number of hydrogen-bond donors (Lipinski definition) is 0. The van der Waals surface area contributed by atoms with Crippen molar-refractivity contribution in [2.24, 2.45) is 0 Å². The standard InChI is InChI=1S/C27H21N3O3/c1-16-13-17(2)24(18(3)14-16)30-27(28-15-29-30)20-8-4-7-19-23(21-9-5-11-31-21)26(33-25(19)20)22-10-6-12-32-22/h4-15H,1-3H3. The molecule has 2 aromatic carbocycles. The van der Waals surface area contributed by atoms with Crippen molar-refractivity contribution >= 4 is 11.0 Å². The molecule has 0 spiro atoms. The van der Waals surface area contributed by atoms with E-state index in [4.69, 9.17) is 13.3 Å². The molecule has 4 heterocycles. The van der Waals surface area contributed by atoms with E-state index >= 15 is 0 Å². The largest absolute Gasteiger partial charge is 0.464 e. The summed E-state index contributed by atoms with van der Waals surface area (Å²) in [6.07, 6.45) is 4.87. The van der Waals surface area contributed by atoms with Gasteiger partial charge in [0.2, 0.25) is 0 Å². The zero-order valence-electron chi connectivity index (χ0n) is 18.5. The van der Waals surface area contributed by atoms with Crippen LogP contribution >= 0.6 is 0 Å². The first kappa shape index (κ1) is 19.4. The van der Waals surface area contributed by atoms with Gasteiger partial charge in [-0.3, -0.25) is 0 Å². The number of hydrogen-bond acceptors (Lipinski definition) is 5. The Labute approximate surface area is 190 Å². The monoisotopic (exact) mass is 435 g/mol. The normalized spacial score (nSPS) is 11.5. The molecule has 0 unspecified atom stereocenters. The van der Waals surface area contributed by atoms with E-state index in [0.717, 1.165) is 33.3 Å². The van der Waals surface area contributed by atoms with E-state index in [1.54, 1.807) is 18.9 Å². The lowest BCUT2D eigenvalue weighted by molar-refractivity contribution is 0.540. The van der Waals surface area contributed by atoms with Crippen LogP contribution in [0.15, 0.2) is 86.7 Å². The lowest BCUT2D eigenvalue weighted by atomic mass is 10.0. The molecule has 0 saturated carbocycles. The highest BCUT2D eigenvalue weighted by Crippen LogP contribution is 2.44. The third kappa shape index (κ3) is 3.03. The van der Waals surface area contributed by atoms with Gasteiger partial charge in [-0.05, 0) is 62.2 Å². The van der Waals surface area contributed by atoms with Crippen molar-refractivity contribution in [3.63, 3.8) is 0 Å². The molecule has 0 atom stereocenters. The molecule has 0 aliphatic rings. The van der Waals surface area contributed by atoms with Crippen LogP contribution in [0.25, 0.3) is 50.9 Å². The van der Waals surface area contributed by atoms with E-state index in [-0.39, 0.29) is 0 Å². The van der Waals surface area contributed by atoms with Gasteiger partial charge in [-0.2, -0.15) is 5.10 Å². The van der Waals surface area contributed by atoms with Crippen LogP contribution in [-0.4, -0.2) is 14.8 Å². The van der Waals surface area contributed by atoms with Crippen molar-refractivity contribution in [2.75, 3.05) is 0 Å². The lowest BCUT2D eigenvalue weighted by Gasteiger charge is -2.13. The Morgan fingerprint density at radius 2 is 1.55 bits per heavy atom. The number of benzene rings is 2. The first-order chi connectivity index (χ1) is 16.1. The van der Waals surface area contributed by atoms with Gasteiger partial charge in [0, 0.05) is 5.39 Å². The van der Waals surface area contributed by atoms with Crippen LogP contribution < -0.4 is 0 Å². The first-order valence-corrected chi connectivity index (χ1v) is 10.7. The van der Waals surface area contributed by atoms with Crippen LogP contribution in [0.3, 0.4) is 0 Å². The van der Waals surface area contributed by atoms with Gasteiger partial charge in [0.15, 0.2) is 17.3 Å². The van der Waals surface area contributed by atoms with E-state index in [0.29, 0.717) is 28.7 Å². The number of furan rings is 3. The quantitative estimate of drug-likeness (QED) is 0.295. The molecule has 6 rings (SSSR count). The Balaban J connectivity index is 1.63. The molecule has 0 saturated heterocycles. The molecule has 0 bridgehead atoms. The SMILES string of the molecule is Cc1cc(C)c(-n2ncnc2-c2cccc3c(-c4ccco4)c(-c4ccco4)oc23)c(C)c1. The van der Waals surface area contributed by atoms with Crippen LogP contribution in [0.4, 0.5) is 0 Å². The molecule has 0 aliphatic heterocycles. The van der Waals surface area contributed by atoms with Crippen LogP contribution in [0.2, 0.25) is 0 Å². The summed E-state index contributed by atoms with van der Waals surface area (Å²) in [5.41, 5.74) is 6.91. The van der Waals surface area contributed by atoms with Gasteiger partial charge in [0.05, 0.1) is 29.3 Å². The number of para-hydroxylation sites is 1. The summed E-state index contributed by atoms with van der Waals surface area (Å²) in [6, 6.07) is 17.9. The van der Waals surface area contributed by atoms with Crippen LogP contribution in [0.5, 0.6) is 0 Å². The first-order valence-electron chi connectivity index (χ1n) is 10.7. The Morgan fingerprint density at radius 3 is 2.24 bits per heavy atom. The summed E-state index contributed by atoms with van der Waals surface area (Å²) < 4.78 is 19.8. The second-order valence-electron chi connectivity index (χ2n) is 8.19. The predicted molar refractivity (Wildman–Crippen MR) is 126 cm³/mol. The molecule has 0 amide bonds. The zero-order chi connectivity index (χ0) is 22.5. The Bertz CT molecular complexity index is 1560. The molecule has 6 heteroatoms. The molecule has 0 fully saturated rings. The smallest absolute Gasteiger partial charge is 0.181 e. The predicted octanol–water partition coefficient (Wildman–Crippen LogP) is 7.13. The van der Waals surface area contributed by atoms with Gasteiger partial charge in [-0.1, -0.05) is 29.8 Å². The Kier molecular flexibility index (Phi) is 4.33. The van der Waals surface area contributed by atoms with E-state index in [9.17, 15) is 0 Å². The lowest BCUT2D eigenvalue weighted by Crippen LogP contribution is -2.05. The zero-order valence-corrected chi connectivity index (χ0v) is 18.5. The number of aryl methyl sites for hydroxylation is 3. The van der Waals surface area contributed by atoms with E-state index < -0.39 is 0 Å². The number of fused-ring (bicyclic) bond motifs is 1. The van der Waals surface area contributed by atoms with Crippen LogP contribution in [0.1, 0.15) is 16.7 Å². The van der Waals surface area contributed by atoms with Crippen LogP contribution in [-0.2, 0) is 0 Å². The van der Waals surface area contributed by atoms with Gasteiger partial charge in [-0.25, -0.2) is 9.67 Å². The van der Waals surface area contributed by atoms with Crippen molar-refractivity contribution in [3.05, 3.63) is 90.1 Å². The van der Waals surface area contributed by atoms with Crippen molar-refractivity contribution in [1.29, 1.82) is 0 Å². The van der Waals surface area contributed by atoms with Gasteiger partial charge in [0.25, 0.3) is 0 Å². The van der Waals surface area contributed by atoms with Crippen molar-refractivity contribution in [2.45, 2.75) is 20.8 Å². The highest BCUT2D eigenvalue weighted by atomic mass is 16.4.